The molecule has 15 amide bonds. The van der Waals surface area contributed by atoms with Crippen molar-refractivity contribution in [2.75, 3.05) is 85.3 Å². The van der Waals surface area contributed by atoms with Crippen LogP contribution in [0.2, 0.25) is 0 Å². The molecule has 0 spiro atoms. The normalized spacial score (nSPS) is 23.5. The van der Waals surface area contributed by atoms with E-state index in [1.807, 2.05) is 0 Å². The lowest BCUT2D eigenvalue weighted by Crippen LogP contribution is -2.64. The van der Waals surface area contributed by atoms with Gasteiger partial charge in [0.15, 0.2) is 17.5 Å². The first-order chi connectivity index (χ1) is 64.2. The van der Waals surface area contributed by atoms with Gasteiger partial charge in [-0.05, 0) is 102 Å². The van der Waals surface area contributed by atoms with Crippen molar-refractivity contribution in [3.63, 3.8) is 0 Å². The number of hydrogen-bond acceptors (Lipinski definition) is 23. The summed E-state index contributed by atoms with van der Waals surface area (Å²) in [5.41, 5.74) is 13.2. The Balaban J connectivity index is 1.14. The Hall–Kier alpha value is -13.8. The van der Waals surface area contributed by atoms with Gasteiger partial charge >= 0.3 is 11.9 Å². The third-order valence-corrected chi connectivity index (χ3v) is 24.3. The zero-order valence-corrected chi connectivity index (χ0v) is 76.0. The largest absolute Gasteiger partial charge is 0.508 e. The average molecular weight is 1900 g/mol. The summed E-state index contributed by atoms with van der Waals surface area (Å²) >= 11 is 0.560. The lowest BCUT2D eigenvalue weighted by Gasteiger charge is -2.41. The van der Waals surface area contributed by atoms with Crippen LogP contribution in [0.15, 0.2) is 121 Å². The van der Waals surface area contributed by atoms with E-state index in [0.717, 1.165) is 31.5 Å². The Kier molecular flexibility index (Phi) is 38.7. The molecule has 0 saturated carbocycles. The van der Waals surface area contributed by atoms with E-state index in [9.17, 15) is 63.2 Å². The highest BCUT2D eigenvalue weighted by Gasteiger charge is 2.46. The van der Waals surface area contributed by atoms with Crippen molar-refractivity contribution in [1.29, 1.82) is 0 Å². The van der Waals surface area contributed by atoms with Gasteiger partial charge in [-0.1, -0.05) is 106 Å². The lowest BCUT2D eigenvalue weighted by molar-refractivity contribution is -0.158. The van der Waals surface area contributed by atoms with Crippen molar-refractivity contribution in [2.24, 2.45) is 17.4 Å². The molecule has 3 fully saturated rings. The third kappa shape index (κ3) is 29.4. The number of aromatic amines is 1. The first-order valence-corrected chi connectivity index (χ1v) is 45.0. The molecule has 3 aliphatic rings. The van der Waals surface area contributed by atoms with Crippen molar-refractivity contribution < 1.29 is 125 Å². The number of carboxylic acid groups (broad SMARTS) is 2. The quantitative estimate of drug-likeness (QED) is 0.0330. The van der Waals surface area contributed by atoms with Gasteiger partial charge < -0.3 is 119 Å². The van der Waals surface area contributed by atoms with Gasteiger partial charge in [-0.25, -0.2) is 13.2 Å². The summed E-state index contributed by atoms with van der Waals surface area (Å²) in [5.74, 6) is -27.5. The number of aromatic nitrogens is 1. The van der Waals surface area contributed by atoms with E-state index in [4.69, 9.17) is 20.9 Å². The van der Waals surface area contributed by atoms with Crippen LogP contribution in [0.1, 0.15) is 93.5 Å². The fourth-order valence-electron chi connectivity index (χ4n) is 15.8. The van der Waals surface area contributed by atoms with Gasteiger partial charge in [-0.3, -0.25) is 81.5 Å². The molecule has 5 aromatic carbocycles. The number of ether oxygens (including phenoxy) is 2. The molecule has 0 aliphatic carbocycles. The SMILES string of the molecule is CCCC[C@H]1C(=O)N2CCOC[C@@H]2C(=O)N[C@@H](CC(=O)O)C(=O)N[C@@H](C(C)C)C(=O)N(C)[C@@H](Cc2ccccc2)C(=O)N[C@@H](CCN)C(=O)N2CCOC[C@@H]2C(=O)N[C@@H](Cc2c[nH]c3ccccc23)C(=O)N[C@@H](Cc2ccc(O)cc2)C(=O)N[C@@H](CCC(=O)O)C(=O)N[C@H](C(=O)NCC(N)=O)CSCC(=O)N[C@@H](Cc2cc(F)c(F)c(F)c2)C(=O)N(C)[C@@H](Cc2ccc(O)cc2)C(=O)N1C. The van der Waals surface area contributed by atoms with E-state index in [1.54, 1.807) is 67.7 Å². The molecular weight excluding hydrogens is 1790 g/mol. The van der Waals surface area contributed by atoms with Crippen molar-refractivity contribution in [2.45, 2.75) is 176 Å². The molecule has 135 heavy (non-hydrogen) atoms. The van der Waals surface area contributed by atoms with Gasteiger partial charge in [0.05, 0.1) is 45.1 Å². The molecular formula is C91H114F3N17O23S. The van der Waals surface area contributed by atoms with Gasteiger partial charge in [0.2, 0.25) is 88.6 Å². The number of carboxylic acids is 2. The number of morpholine rings is 2. The fraction of sp³-hybridized carbons (Fsp3) is 0.462. The highest BCUT2D eigenvalue weighted by Crippen LogP contribution is 2.27. The number of phenols is 2. The summed E-state index contributed by atoms with van der Waals surface area (Å²) in [7, 11) is 3.56. The summed E-state index contributed by atoms with van der Waals surface area (Å²) in [4.78, 5) is 258. The predicted molar refractivity (Wildman–Crippen MR) is 480 cm³/mol. The Morgan fingerprint density at radius 2 is 1.03 bits per heavy atom. The highest BCUT2D eigenvalue weighted by atomic mass is 32.2. The first kappa shape index (κ1) is 105. The number of rotatable bonds is 24. The molecule has 40 nitrogen and oxygen atoms in total. The number of nitrogens with one attached hydrogen (secondary N) is 10. The zero-order chi connectivity index (χ0) is 98.6. The summed E-state index contributed by atoms with van der Waals surface area (Å²) in [5, 5.41) is 64.4. The van der Waals surface area contributed by atoms with Gasteiger partial charge in [-0.2, -0.15) is 0 Å². The number of halogens is 3. The van der Waals surface area contributed by atoms with Crippen LogP contribution in [0.3, 0.4) is 0 Å². The summed E-state index contributed by atoms with van der Waals surface area (Å²) in [6, 6.07) is 4.04. The second kappa shape index (κ2) is 49.8. The van der Waals surface area contributed by atoms with Crippen LogP contribution in [-0.2, 0) is 123 Å². The molecule has 9 rings (SSSR count). The number of likely N-dealkylation sites (N-methyl/N-ethyl adjacent to an activating group) is 3. The number of benzene rings is 5. The molecule has 1 aromatic heterocycles. The molecule has 3 aliphatic heterocycles. The number of nitrogens with zero attached hydrogens (tertiary/aromatic N) is 5. The van der Waals surface area contributed by atoms with E-state index in [2.05, 4.69) is 52.8 Å². The summed E-state index contributed by atoms with van der Waals surface area (Å²) in [6.45, 7) is 1.52. The van der Waals surface area contributed by atoms with E-state index in [0.29, 0.717) is 52.3 Å². The highest BCUT2D eigenvalue weighted by molar-refractivity contribution is 8.00. The third-order valence-electron chi connectivity index (χ3n) is 23.3. The van der Waals surface area contributed by atoms with E-state index in [1.165, 1.54) is 76.5 Å². The summed E-state index contributed by atoms with van der Waals surface area (Å²) in [6.07, 6.45) is -3.40. The molecule has 728 valence electrons. The number of thioether (sulfide) groups is 1. The van der Waals surface area contributed by atoms with Crippen LogP contribution in [0.4, 0.5) is 13.2 Å². The van der Waals surface area contributed by atoms with Crippen LogP contribution < -0.4 is 59.3 Å². The minimum atomic E-state index is -2.03. The predicted octanol–water partition coefficient (Wildman–Crippen LogP) is -0.793. The molecule has 18 N–H and O–H groups in total. The molecule has 13 atom stereocenters. The van der Waals surface area contributed by atoms with Crippen LogP contribution in [-0.4, -0.2) is 314 Å². The number of fused-ring (bicyclic) bond motifs is 3. The van der Waals surface area contributed by atoms with Crippen molar-refractivity contribution >= 4 is 123 Å². The maximum absolute atomic E-state index is 15.7. The van der Waals surface area contributed by atoms with Gasteiger partial charge in [0.1, 0.15) is 90.0 Å². The fourth-order valence-corrected chi connectivity index (χ4v) is 16.6. The van der Waals surface area contributed by atoms with E-state index >= 15 is 51.9 Å². The Morgan fingerprint density at radius 3 is 1.61 bits per heavy atom. The maximum Gasteiger partial charge on any atom is 0.305 e. The maximum atomic E-state index is 15.7. The van der Waals surface area contributed by atoms with E-state index in [-0.39, 0.29) is 87.6 Å². The Morgan fingerprint density at radius 1 is 0.519 bits per heavy atom. The smallest absolute Gasteiger partial charge is 0.305 e. The van der Waals surface area contributed by atoms with Crippen molar-refractivity contribution in [3.05, 3.63) is 167 Å². The Labute approximate surface area is 778 Å². The van der Waals surface area contributed by atoms with Crippen LogP contribution >= 0.6 is 11.8 Å². The topological polar surface area (TPSA) is 582 Å². The number of amides is 15. The number of primary amides is 1. The average Bonchev–Trinajstić information content (AvgIpc) is 1.79. The number of hydrogen-bond donors (Lipinski definition) is 16. The monoisotopic (exact) mass is 1900 g/mol. The number of nitrogens with two attached hydrogens (primary N) is 2. The second-order valence-electron chi connectivity index (χ2n) is 33.4. The molecule has 44 heteroatoms. The minimum absolute atomic E-state index is 0.137. The summed E-state index contributed by atoms with van der Waals surface area (Å²) < 4.78 is 56.7. The first-order valence-electron chi connectivity index (χ1n) is 43.8. The Bertz CT molecular complexity index is 5250. The number of phenolic OH excluding ortho intramolecular Hbond substituents is 2. The van der Waals surface area contributed by atoms with Crippen LogP contribution in [0.25, 0.3) is 10.9 Å². The number of aliphatic carboxylic acids is 2. The number of carbonyl (C=O) groups excluding carboxylic acids is 15. The molecule has 0 unspecified atom stereocenters. The van der Waals surface area contributed by atoms with Gasteiger partial charge in [0, 0.05) is 95.6 Å². The molecule has 4 heterocycles. The van der Waals surface area contributed by atoms with Crippen LogP contribution in [0, 0.1) is 23.4 Å². The number of H-pyrrole nitrogens is 1. The standard InChI is InChI=1S/C91H114F3N17O23S/c1-7-8-18-68-90(131)111-32-34-134-46-72(111)86(127)104-65(42-76(118)119)83(124)106-78(49(2)3)91(132)108(5)69(39-50-14-10-9-11-15-50)84(125)101-62(29-30-95)88(129)110-31-33-133-45-71(110)85(126)103-64(41-54-43-97-60-17-13-12-16-57(54)60)82(123)102-63(37-51-19-23-55(112)24-20-51)81(122)100-61(27-28-75(116)117)80(121)105-67(79(120)98-44-73(96)114)47-135-48-74(115)99-66(38-53-35-58(92)77(94)59(93)36-53)87(128)109(6)70(89(130)107(68)4)40-52-21-25-56(113)26-22-52/h9-17,19-26,35-36,43,49,61-72,78,97,112-113H,7-8,18,27-34,37-42,44-48,95H2,1-6H3,(H2,96,114)(H,98,120)(H,99,115)(H,100,122)(H,101,125)(H,102,123)(H,103,126)(H,104,127)(H,105,121)(H,106,124)(H,116,117)(H,118,119)/t61-,62-,63-,64-,65-,66-,67-,68-,69-,70-,71+,72+,78-/m0/s1. The van der Waals surface area contributed by atoms with E-state index < -0.39 is 278 Å². The minimum Gasteiger partial charge on any atom is -0.508 e. The number of carbonyl (C=O) groups is 17. The number of unbranched alkanes of at least 4 members (excludes halogenated alkanes) is 1. The second-order valence-corrected chi connectivity index (χ2v) is 34.4. The number of aromatic hydroxyl groups is 2. The zero-order valence-electron chi connectivity index (χ0n) is 75.2. The molecule has 6 aromatic rings. The lowest BCUT2D eigenvalue weighted by atomic mass is 9.98. The van der Waals surface area contributed by atoms with Gasteiger partial charge in [0.25, 0.3) is 0 Å². The van der Waals surface area contributed by atoms with Crippen LogP contribution in [0.5, 0.6) is 11.5 Å². The molecule has 0 bridgehead atoms. The molecule has 3 saturated heterocycles. The van der Waals surface area contributed by atoms with Gasteiger partial charge in [-0.15, -0.1) is 11.8 Å². The van der Waals surface area contributed by atoms with Crippen molar-refractivity contribution in [3.8, 4) is 11.5 Å². The number of para-hydroxylation sites is 1. The van der Waals surface area contributed by atoms with Crippen molar-refractivity contribution in [1.82, 2.24) is 77.3 Å². The molecule has 0 radical (unpaired) electrons.